The molecule has 3 amide bonds. The Morgan fingerprint density at radius 2 is 1.71 bits per heavy atom. The Morgan fingerprint density at radius 3 is 2.26 bits per heavy atom. The number of aliphatic carboxylic acids is 1. The van der Waals surface area contributed by atoms with Gasteiger partial charge < -0.3 is 43.4 Å². The fourth-order valence-corrected chi connectivity index (χ4v) is 2.89. The molecule has 0 heterocycles. The molecular formula is C21H33N7O6. The molecule has 13 nitrogen and oxygen atoms in total. The topological polar surface area (TPSA) is 235 Å². The van der Waals surface area contributed by atoms with Crippen molar-refractivity contribution in [3.05, 3.63) is 35.9 Å². The van der Waals surface area contributed by atoms with Gasteiger partial charge in [0.25, 0.3) is 0 Å². The van der Waals surface area contributed by atoms with Crippen molar-refractivity contribution in [1.82, 2.24) is 16.0 Å². The van der Waals surface area contributed by atoms with Gasteiger partial charge in [-0.15, -0.1) is 0 Å². The molecule has 1 aromatic rings. The summed E-state index contributed by atoms with van der Waals surface area (Å²) in [6.07, 6.45) is -0.572. The molecule has 34 heavy (non-hydrogen) atoms. The quantitative estimate of drug-likeness (QED) is 0.0778. The standard InChI is InChI=1S/C21H33N7O6/c1-12(29)17(28-18(31)14(22)8-5-9-25-21(23)24)19(32)26-11-16(30)27-15(20(33)34)10-13-6-3-2-4-7-13/h2-4,6-7,12,14-15,17,29H,5,8-11,22H2,1H3,(H,26,32)(H,27,30)(H,28,31)(H,33,34)(H4,23,24,25). The van der Waals surface area contributed by atoms with Crippen LogP contribution >= 0.6 is 0 Å². The van der Waals surface area contributed by atoms with Crippen LogP contribution in [0.25, 0.3) is 0 Å². The van der Waals surface area contributed by atoms with E-state index in [1.165, 1.54) is 6.92 Å². The predicted octanol–water partition coefficient (Wildman–Crippen LogP) is -2.84. The summed E-state index contributed by atoms with van der Waals surface area (Å²) in [5.41, 5.74) is 16.9. The number of carbonyl (C=O) groups is 4. The van der Waals surface area contributed by atoms with Crippen LogP contribution in [0.2, 0.25) is 0 Å². The number of aliphatic imine (C=N–C) groups is 1. The number of guanidine groups is 1. The molecule has 4 unspecified atom stereocenters. The van der Waals surface area contributed by atoms with Gasteiger partial charge in [0.2, 0.25) is 17.7 Å². The molecule has 0 aliphatic carbocycles. The minimum atomic E-state index is -1.37. The van der Waals surface area contributed by atoms with Gasteiger partial charge in [-0.1, -0.05) is 30.3 Å². The van der Waals surface area contributed by atoms with Crippen LogP contribution in [-0.4, -0.2) is 77.2 Å². The van der Waals surface area contributed by atoms with Crippen molar-refractivity contribution in [3.8, 4) is 0 Å². The first-order chi connectivity index (χ1) is 16.0. The van der Waals surface area contributed by atoms with Crippen molar-refractivity contribution in [3.63, 3.8) is 0 Å². The van der Waals surface area contributed by atoms with Crippen LogP contribution in [0.5, 0.6) is 0 Å². The third-order valence-corrected chi connectivity index (χ3v) is 4.71. The zero-order valence-corrected chi connectivity index (χ0v) is 18.9. The van der Waals surface area contributed by atoms with Crippen LogP contribution < -0.4 is 33.2 Å². The summed E-state index contributed by atoms with van der Waals surface area (Å²) in [6, 6.07) is 5.19. The van der Waals surface area contributed by atoms with E-state index < -0.39 is 54.5 Å². The first-order valence-electron chi connectivity index (χ1n) is 10.6. The molecule has 4 atom stereocenters. The lowest BCUT2D eigenvalue weighted by atomic mass is 10.1. The molecule has 0 bridgehead atoms. The lowest BCUT2D eigenvalue weighted by Crippen LogP contribution is -2.57. The van der Waals surface area contributed by atoms with Gasteiger partial charge in [0, 0.05) is 13.0 Å². The Labute approximate surface area is 197 Å². The molecule has 1 aromatic carbocycles. The number of benzene rings is 1. The lowest BCUT2D eigenvalue weighted by molar-refractivity contribution is -0.141. The van der Waals surface area contributed by atoms with Crippen molar-refractivity contribution in [2.75, 3.05) is 13.1 Å². The summed E-state index contributed by atoms with van der Waals surface area (Å²) in [6.45, 7) is 1.01. The highest BCUT2D eigenvalue weighted by Gasteiger charge is 2.28. The van der Waals surface area contributed by atoms with E-state index in [0.29, 0.717) is 12.0 Å². The second-order valence-electron chi connectivity index (χ2n) is 7.65. The average molecular weight is 480 g/mol. The van der Waals surface area contributed by atoms with Crippen molar-refractivity contribution >= 4 is 29.7 Å². The van der Waals surface area contributed by atoms with E-state index in [4.69, 9.17) is 17.2 Å². The van der Waals surface area contributed by atoms with Gasteiger partial charge in [0.15, 0.2) is 5.96 Å². The number of carboxylic acid groups (broad SMARTS) is 1. The molecule has 0 radical (unpaired) electrons. The Hall–Kier alpha value is -3.71. The number of rotatable bonds is 14. The molecule has 0 saturated heterocycles. The minimum absolute atomic E-state index is 0.0588. The van der Waals surface area contributed by atoms with E-state index in [0.717, 1.165) is 0 Å². The molecule has 11 N–H and O–H groups in total. The number of nitrogens with one attached hydrogen (secondary N) is 3. The molecule has 0 saturated carbocycles. The number of hydrogen-bond acceptors (Lipinski definition) is 7. The van der Waals surface area contributed by atoms with Gasteiger partial charge in [-0.3, -0.25) is 19.4 Å². The van der Waals surface area contributed by atoms with E-state index in [2.05, 4.69) is 20.9 Å². The fourth-order valence-electron chi connectivity index (χ4n) is 2.89. The highest BCUT2D eigenvalue weighted by Crippen LogP contribution is 2.04. The lowest BCUT2D eigenvalue weighted by Gasteiger charge is -2.23. The van der Waals surface area contributed by atoms with Crippen LogP contribution in [0, 0.1) is 0 Å². The summed E-state index contributed by atoms with van der Waals surface area (Å²) in [7, 11) is 0. The average Bonchev–Trinajstić information content (AvgIpc) is 2.78. The zero-order valence-electron chi connectivity index (χ0n) is 18.9. The minimum Gasteiger partial charge on any atom is -0.480 e. The number of nitrogens with two attached hydrogens (primary N) is 3. The van der Waals surface area contributed by atoms with Gasteiger partial charge in [0.05, 0.1) is 18.7 Å². The second kappa shape index (κ2) is 14.4. The summed E-state index contributed by atoms with van der Waals surface area (Å²) in [5.74, 6) is -3.57. The highest BCUT2D eigenvalue weighted by molar-refractivity contribution is 5.93. The van der Waals surface area contributed by atoms with Crippen molar-refractivity contribution in [2.24, 2.45) is 22.2 Å². The Bertz CT molecular complexity index is 858. The van der Waals surface area contributed by atoms with Crippen molar-refractivity contribution in [1.29, 1.82) is 0 Å². The Balaban J connectivity index is 2.58. The molecule has 0 aliphatic heterocycles. The molecule has 0 spiro atoms. The molecule has 0 aromatic heterocycles. The van der Waals surface area contributed by atoms with Crippen molar-refractivity contribution < 1.29 is 29.4 Å². The number of amides is 3. The van der Waals surface area contributed by atoms with Gasteiger partial charge in [-0.2, -0.15) is 0 Å². The maximum atomic E-state index is 12.4. The first-order valence-corrected chi connectivity index (χ1v) is 10.6. The number of aliphatic hydroxyl groups is 1. The predicted molar refractivity (Wildman–Crippen MR) is 124 cm³/mol. The van der Waals surface area contributed by atoms with E-state index in [-0.39, 0.29) is 25.3 Å². The van der Waals surface area contributed by atoms with Crippen LogP contribution in [-0.2, 0) is 25.6 Å². The molecule has 188 valence electrons. The molecular weight excluding hydrogens is 446 g/mol. The third-order valence-electron chi connectivity index (χ3n) is 4.71. The molecule has 13 heteroatoms. The zero-order chi connectivity index (χ0) is 25.7. The number of carbonyl (C=O) groups excluding carboxylic acids is 3. The van der Waals surface area contributed by atoms with E-state index in [1.807, 2.05) is 0 Å². The smallest absolute Gasteiger partial charge is 0.326 e. The summed E-state index contributed by atoms with van der Waals surface area (Å²) in [4.78, 5) is 52.1. The van der Waals surface area contributed by atoms with Gasteiger partial charge in [-0.05, 0) is 25.3 Å². The van der Waals surface area contributed by atoms with E-state index in [9.17, 15) is 29.4 Å². The second-order valence-corrected chi connectivity index (χ2v) is 7.65. The number of carboxylic acids is 1. The van der Waals surface area contributed by atoms with Gasteiger partial charge in [-0.25, -0.2) is 4.79 Å². The summed E-state index contributed by atoms with van der Waals surface area (Å²) >= 11 is 0. The molecule has 0 fully saturated rings. The highest BCUT2D eigenvalue weighted by atomic mass is 16.4. The number of hydrogen-bond donors (Lipinski definition) is 8. The maximum absolute atomic E-state index is 12.4. The Kier molecular flexibility index (Phi) is 12.0. The number of aliphatic hydroxyl groups excluding tert-OH is 1. The normalized spacial score (nSPS) is 14.1. The van der Waals surface area contributed by atoms with Crippen LogP contribution in [0.15, 0.2) is 35.3 Å². The fraction of sp³-hybridized carbons (Fsp3) is 0.476. The largest absolute Gasteiger partial charge is 0.480 e. The third kappa shape index (κ3) is 10.7. The van der Waals surface area contributed by atoms with E-state index >= 15 is 0 Å². The SMILES string of the molecule is CC(O)C(NC(=O)C(N)CCCN=C(N)N)C(=O)NCC(=O)NC(Cc1ccccc1)C(=O)O. The summed E-state index contributed by atoms with van der Waals surface area (Å²) < 4.78 is 0. The van der Waals surface area contributed by atoms with Crippen LogP contribution in [0.1, 0.15) is 25.3 Å². The monoisotopic (exact) mass is 479 g/mol. The van der Waals surface area contributed by atoms with Gasteiger partial charge in [0.1, 0.15) is 12.1 Å². The van der Waals surface area contributed by atoms with Gasteiger partial charge >= 0.3 is 5.97 Å². The Morgan fingerprint density at radius 1 is 1.06 bits per heavy atom. The van der Waals surface area contributed by atoms with Crippen LogP contribution in [0.4, 0.5) is 0 Å². The van der Waals surface area contributed by atoms with E-state index in [1.54, 1.807) is 30.3 Å². The summed E-state index contributed by atoms with van der Waals surface area (Å²) in [5, 5.41) is 26.2. The number of nitrogens with zero attached hydrogens (tertiary/aromatic N) is 1. The van der Waals surface area contributed by atoms with Crippen LogP contribution in [0.3, 0.4) is 0 Å². The van der Waals surface area contributed by atoms with Crippen molar-refractivity contribution in [2.45, 2.75) is 50.4 Å². The first kappa shape index (κ1) is 28.3. The molecule has 1 rings (SSSR count). The maximum Gasteiger partial charge on any atom is 0.326 e. The molecule has 0 aliphatic rings.